The van der Waals surface area contributed by atoms with Gasteiger partial charge < -0.3 is 15.2 Å². The molecular weight excluding hydrogens is 240 g/mol. The lowest BCUT2D eigenvalue weighted by atomic mass is 9.84. The van der Waals surface area contributed by atoms with Crippen LogP contribution in [-0.4, -0.2) is 58.0 Å². The second kappa shape index (κ2) is 10.6. The van der Waals surface area contributed by atoms with Crippen LogP contribution in [0.25, 0.3) is 0 Å². The highest BCUT2D eigenvalue weighted by molar-refractivity contribution is 4.72. The number of nitrogens with two attached hydrogens (primary N) is 1. The molecule has 0 aromatic rings. The smallest absolute Gasteiger partial charge is 0.0615 e. The summed E-state index contributed by atoms with van der Waals surface area (Å²) >= 11 is 0. The van der Waals surface area contributed by atoms with Crippen molar-refractivity contribution < 1.29 is 9.47 Å². The highest BCUT2D eigenvalue weighted by Crippen LogP contribution is 2.26. The summed E-state index contributed by atoms with van der Waals surface area (Å²) in [5.74, 6) is 0. The number of ether oxygens (including phenoxy) is 2. The van der Waals surface area contributed by atoms with E-state index in [0.717, 1.165) is 39.3 Å². The molecule has 0 aliphatic rings. The normalized spacial score (nSPS) is 14.1. The predicted molar refractivity (Wildman–Crippen MR) is 81.5 cm³/mol. The van der Waals surface area contributed by atoms with Crippen molar-refractivity contribution in [2.24, 2.45) is 11.1 Å². The molecule has 0 aromatic carbocycles. The minimum atomic E-state index is 0.353. The van der Waals surface area contributed by atoms with Crippen molar-refractivity contribution in [2.75, 3.05) is 47.1 Å². The first-order valence-electron chi connectivity index (χ1n) is 7.39. The van der Waals surface area contributed by atoms with Gasteiger partial charge in [-0.1, -0.05) is 13.8 Å². The molecule has 116 valence electrons. The minimum Gasteiger partial charge on any atom is -0.383 e. The molecule has 1 unspecified atom stereocenters. The molecule has 2 N–H and O–H groups in total. The van der Waals surface area contributed by atoms with E-state index in [-0.39, 0.29) is 0 Å². The van der Waals surface area contributed by atoms with Crippen molar-refractivity contribution in [2.45, 2.75) is 46.1 Å². The summed E-state index contributed by atoms with van der Waals surface area (Å²) in [5.41, 5.74) is 6.01. The minimum absolute atomic E-state index is 0.353. The van der Waals surface area contributed by atoms with Gasteiger partial charge in [-0.15, -0.1) is 0 Å². The molecule has 19 heavy (non-hydrogen) atoms. The number of rotatable bonds is 12. The second-order valence-electron chi connectivity index (χ2n) is 6.14. The SMILES string of the molecule is COCCN(CCCC(C)(C)CCN)C(C)COC. The average molecular weight is 274 g/mol. The van der Waals surface area contributed by atoms with Gasteiger partial charge in [0.25, 0.3) is 0 Å². The van der Waals surface area contributed by atoms with Crippen molar-refractivity contribution in [1.29, 1.82) is 0 Å². The van der Waals surface area contributed by atoms with E-state index in [0.29, 0.717) is 11.5 Å². The fourth-order valence-electron chi connectivity index (χ4n) is 2.38. The quantitative estimate of drug-likeness (QED) is 0.592. The van der Waals surface area contributed by atoms with Gasteiger partial charge in [-0.2, -0.15) is 0 Å². The molecule has 0 bridgehead atoms. The van der Waals surface area contributed by atoms with Crippen molar-refractivity contribution in [3.8, 4) is 0 Å². The van der Waals surface area contributed by atoms with Crippen molar-refractivity contribution in [3.05, 3.63) is 0 Å². The van der Waals surface area contributed by atoms with Gasteiger partial charge in [0.1, 0.15) is 0 Å². The van der Waals surface area contributed by atoms with Crippen LogP contribution in [0.2, 0.25) is 0 Å². The Balaban J connectivity index is 4.10. The molecule has 4 nitrogen and oxygen atoms in total. The van der Waals surface area contributed by atoms with Crippen LogP contribution in [0.4, 0.5) is 0 Å². The fraction of sp³-hybridized carbons (Fsp3) is 1.00. The molecule has 1 atom stereocenters. The summed E-state index contributed by atoms with van der Waals surface area (Å²) in [6, 6.07) is 0.442. The van der Waals surface area contributed by atoms with Gasteiger partial charge >= 0.3 is 0 Å². The fourth-order valence-corrected chi connectivity index (χ4v) is 2.38. The molecule has 0 aromatic heterocycles. The summed E-state index contributed by atoms with van der Waals surface area (Å²) in [5, 5.41) is 0. The summed E-state index contributed by atoms with van der Waals surface area (Å²) < 4.78 is 10.4. The van der Waals surface area contributed by atoms with Gasteiger partial charge in [-0.05, 0) is 44.7 Å². The first kappa shape index (κ1) is 18.8. The highest BCUT2D eigenvalue weighted by Gasteiger charge is 2.18. The highest BCUT2D eigenvalue weighted by atomic mass is 16.5. The molecule has 0 amide bonds. The average Bonchev–Trinajstić information content (AvgIpc) is 2.33. The standard InChI is InChI=1S/C15H34N2O2/c1-14(13-19-5)17(11-12-18-4)10-6-7-15(2,3)8-9-16/h14H,6-13,16H2,1-5H3. The van der Waals surface area contributed by atoms with Crippen LogP contribution in [0, 0.1) is 5.41 Å². The Morgan fingerprint density at radius 3 is 2.32 bits per heavy atom. The lowest BCUT2D eigenvalue weighted by molar-refractivity contribution is 0.0718. The molecule has 0 aliphatic carbocycles. The van der Waals surface area contributed by atoms with Crippen LogP contribution in [0.5, 0.6) is 0 Å². The third kappa shape index (κ3) is 9.38. The van der Waals surface area contributed by atoms with E-state index >= 15 is 0 Å². The van der Waals surface area contributed by atoms with E-state index in [1.807, 2.05) is 0 Å². The largest absolute Gasteiger partial charge is 0.383 e. The predicted octanol–water partition coefficient (Wildman–Crippen LogP) is 2.12. The van der Waals surface area contributed by atoms with Crippen molar-refractivity contribution in [3.63, 3.8) is 0 Å². The van der Waals surface area contributed by atoms with Gasteiger partial charge in [0, 0.05) is 26.8 Å². The van der Waals surface area contributed by atoms with Crippen LogP contribution in [0.1, 0.15) is 40.0 Å². The van der Waals surface area contributed by atoms with Gasteiger partial charge in [0.05, 0.1) is 13.2 Å². The van der Waals surface area contributed by atoms with Crippen LogP contribution < -0.4 is 5.73 Å². The Morgan fingerprint density at radius 1 is 1.11 bits per heavy atom. The third-order valence-electron chi connectivity index (χ3n) is 3.73. The summed E-state index contributed by atoms with van der Waals surface area (Å²) in [6.07, 6.45) is 3.51. The molecule has 0 spiro atoms. The Bertz CT molecular complexity index is 210. The molecule has 0 heterocycles. The maximum Gasteiger partial charge on any atom is 0.0615 e. The summed E-state index contributed by atoms with van der Waals surface area (Å²) in [4.78, 5) is 2.45. The van der Waals surface area contributed by atoms with Crippen LogP contribution in [0.15, 0.2) is 0 Å². The zero-order valence-corrected chi connectivity index (χ0v) is 13.6. The van der Waals surface area contributed by atoms with Crippen LogP contribution >= 0.6 is 0 Å². The van der Waals surface area contributed by atoms with Gasteiger partial charge in [0.15, 0.2) is 0 Å². The van der Waals surface area contributed by atoms with Crippen molar-refractivity contribution >= 4 is 0 Å². The number of hydrogen-bond donors (Lipinski definition) is 1. The maximum atomic E-state index is 5.66. The Hall–Kier alpha value is -0.160. The Labute approximate surface area is 119 Å². The molecule has 0 fully saturated rings. The van der Waals surface area contributed by atoms with E-state index in [1.54, 1.807) is 14.2 Å². The maximum absolute atomic E-state index is 5.66. The number of nitrogens with zero attached hydrogens (tertiary/aromatic N) is 1. The third-order valence-corrected chi connectivity index (χ3v) is 3.73. The molecular formula is C15H34N2O2. The molecule has 0 rings (SSSR count). The van der Waals surface area contributed by atoms with Crippen LogP contribution in [0.3, 0.4) is 0 Å². The zero-order chi connectivity index (χ0) is 14.7. The van der Waals surface area contributed by atoms with Crippen molar-refractivity contribution in [1.82, 2.24) is 4.90 Å². The molecule has 4 heteroatoms. The summed E-state index contributed by atoms with van der Waals surface area (Å²) in [7, 11) is 3.51. The van der Waals surface area contributed by atoms with Gasteiger partial charge in [-0.3, -0.25) is 4.90 Å². The second-order valence-corrected chi connectivity index (χ2v) is 6.14. The first-order chi connectivity index (χ1) is 8.96. The Kier molecular flexibility index (Phi) is 10.5. The molecule has 0 radical (unpaired) electrons. The summed E-state index contributed by atoms with van der Waals surface area (Å²) in [6.45, 7) is 11.2. The van der Waals surface area contributed by atoms with Gasteiger partial charge in [0.2, 0.25) is 0 Å². The van der Waals surface area contributed by atoms with Crippen LogP contribution in [-0.2, 0) is 9.47 Å². The lowest BCUT2D eigenvalue weighted by Crippen LogP contribution is -2.39. The molecule has 0 saturated heterocycles. The van der Waals surface area contributed by atoms with E-state index in [9.17, 15) is 0 Å². The van der Waals surface area contributed by atoms with E-state index in [1.165, 1.54) is 12.8 Å². The monoisotopic (exact) mass is 274 g/mol. The molecule has 0 aliphatic heterocycles. The van der Waals surface area contributed by atoms with E-state index < -0.39 is 0 Å². The van der Waals surface area contributed by atoms with E-state index in [2.05, 4.69) is 25.7 Å². The topological polar surface area (TPSA) is 47.7 Å². The zero-order valence-electron chi connectivity index (χ0n) is 13.6. The first-order valence-corrected chi connectivity index (χ1v) is 7.39. The number of methoxy groups -OCH3 is 2. The van der Waals surface area contributed by atoms with E-state index in [4.69, 9.17) is 15.2 Å². The Morgan fingerprint density at radius 2 is 1.79 bits per heavy atom. The number of hydrogen-bond acceptors (Lipinski definition) is 4. The lowest BCUT2D eigenvalue weighted by Gasteiger charge is -2.30. The van der Waals surface area contributed by atoms with Gasteiger partial charge in [-0.25, -0.2) is 0 Å². The molecule has 0 saturated carbocycles.